The number of likely N-dealkylation sites (N-methyl/N-ethyl adjacent to an activating group) is 1. The van der Waals surface area contributed by atoms with Crippen molar-refractivity contribution < 1.29 is 10.0 Å². The van der Waals surface area contributed by atoms with E-state index in [2.05, 4.69) is 5.10 Å². The van der Waals surface area contributed by atoms with Gasteiger partial charge >= 0.3 is 5.69 Å². The summed E-state index contributed by atoms with van der Waals surface area (Å²) in [5, 5.41) is 23.8. The molecule has 0 radical (unpaired) electrons. The molecule has 0 spiro atoms. The fourth-order valence-electron chi connectivity index (χ4n) is 1.46. The summed E-state index contributed by atoms with van der Waals surface area (Å²) in [4.78, 5) is 11.7. The first-order valence-corrected chi connectivity index (χ1v) is 4.46. The number of aliphatic hydroxyl groups is 1. The van der Waals surface area contributed by atoms with E-state index in [0.717, 1.165) is 0 Å². The topological polar surface area (TPSA) is 84.4 Å². The molecular formula is C8H14N4O3. The molecule has 0 saturated carbocycles. The molecular weight excluding hydrogens is 200 g/mol. The number of rotatable bonds is 4. The molecule has 0 aliphatic rings. The first-order chi connectivity index (χ1) is 6.93. The van der Waals surface area contributed by atoms with Crippen molar-refractivity contribution in [2.24, 2.45) is 0 Å². The molecule has 0 bridgehead atoms. The highest BCUT2D eigenvalue weighted by Gasteiger charge is 2.22. The Morgan fingerprint density at radius 2 is 2.27 bits per heavy atom. The van der Waals surface area contributed by atoms with Crippen molar-refractivity contribution in [2.45, 2.75) is 19.2 Å². The summed E-state index contributed by atoms with van der Waals surface area (Å²) < 4.78 is 1.38. The van der Waals surface area contributed by atoms with Gasteiger partial charge < -0.3 is 5.11 Å². The van der Waals surface area contributed by atoms with E-state index in [4.69, 9.17) is 0 Å². The van der Waals surface area contributed by atoms with Crippen LogP contribution in [-0.2, 0) is 0 Å². The number of hydrogen-bond acceptors (Lipinski definition) is 5. The number of nitrogens with zero attached hydrogens (tertiary/aromatic N) is 4. The normalized spacial score (nSPS) is 15.3. The molecule has 1 heterocycles. The van der Waals surface area contributed by atoms with Gasteiger partial charge in [-0.3, -0.25) is 15.0 Å². The summed E-state index contributed by atoms with van der Waals surface area (Å²) in [6.45, 7) is 1.61. The van der Waals surface area contributed by atoms with Crippen LogP contribution in [-0.4, -0.2) is 44.9 Å². The second kappa shape index (κ2) is 4.37. The van der Waals surface area contributed by atoms with Gasteiger partial charge in [-0.15, -0.1) is 0 Å². The lowest BCUT2D eigenvalue weighted by Crippen LogP contribution is -2.34. The van der Waals surface area contributed by atoms with Crippen LogP contribution in [0.1, 0.15) is 13.1 Å². The fourth-order valence-corrected chi connectivity index (χ4v) is 1.46. The van der Waals surface area contributed by atoms with Crippen LogP contribution in [0.4, 0.5) is 5.69 Å². The zero-order valence-electron chi connectivity index (χ0n) is 8.86. The smallest absolute Gasteiger partial charge is 0.307 e. The van der Waals surface area contributed by atoms with Gasteiger partial charge in [0, 0.05) is 0 Å². The minimum atomic E-state index is -0.667. The third kappa shape index (κ3) is 2.51. The zero-order chi connectivity index (χ0) is 11.6. The Morgan fingerprint density at radius 1 is 1.67 bits per heavy atom. The summed E-state index contributed by atoms with van der Waals surface area (Å²) >= 11 is 0. The van der Waals surface area contributed by atoms with E-state index in [1.54, 1.807) is 25.9 Å². The third-order valence-corrected chi connectivity index (χ3v) is 2.03. The standard InChI is InChI=1S/C8H14N4O3/c1-6(13)8(10(2)3)11-5-7(4-9-11)12(14)15/h4-6,8,13H,1-3H3. The summed E-state index contributed by atoms with van der Waals surface area (Å²) in [5.41, 5.74) is -0.0810. The van der Waals surface area contributed by atoms with Crippen LogP contribution in [0.2, 0.25) is 0 Å². The van der Waals surface area contributed by atoms with Crippen molar-refractivity contribution in [1.29, 1.82) is 0 Å². The molecule has 0 saturated heterocycles. The van der Waals surface area contributed by atoms with Gasteiger partial charge in [-0.05, 0) is 21.0 Å². The Labute approximate surface area is 87.1 Å². The van der Waals surface area contributed by atoms with Crippen molar-refractivity contribution in [3.8, 4) is 0 Å². The molecule has 1 rings (SSSR count). The predicted octanol–water partition coefficient (Wildman–Crippen LogP) is 0.232. The number of aliphatic hydroxyl groups excluding tert-OH is 1. The Balaban J connectivity index is 2.97. The average Bonchev–Trinajstić information content (AvgIpc) is 2.51. The van der Waals surface area contributed by atoms with Gasteiger partial charge in [0.2, 0.25) is 0 Å². The first-order valence-electron chi connectivity index (χ1n) is 4.46. The van der Waals surface area contributed by atoms with Gasteiger partial charge in [0.05, 0.1) is 11.0 Å². The van der Waals surface area contributed by atoms with Gasteiger partial charge in [-0.1, -0.05) is 0 Å². The Morgan fingerprint density at radius 3 is 2.60 bits per heavy atom. The molecule has 0 fully saturated rings. The van der Waals surface area contributed by atoms with Gasteiger partial charge in [-0.25, -0.2) is 4.68 Å². The van der Waals surface area contributed by atoms with Crippen LogP contribution >= 0.6 is 0 Å². The number of nitro groups is 1. The summed E-state index contributed by atoms with van der Waals surface area (Å²) in [6, 6.07) is 0. The van der Waals surface area contributed by atoms with Crippen molar-refractivity contribution >= 4 is 5.69 Å². The van der Waals surface area contributed by atoms with Crippen molar-refractivity contribution in [1.82, 2.24) is 14.7 Å². The molecule has 1 aromatic heterocycles. The zero-order valence-corrected chi connectivity index (χ0v) is 8.86. The lowest BCUT2D eigenvalue weighted by atomic mass is 10.3. The van der Waals surface area contributed by atoms with Gasteiger partial charge in [0.25, 0.3) is 0 Å². The van der Waals surface area contributed by atoms with Gasteiger partial charge in [0.1, 0.15) is 18.6 Å². The summed E-state index contributed by atoms with van der Waals surface area (Å²) in [6.07, 6.45) is 1.40. The van der Waals surface area contributed by atoms with Crippen LogP contribution < -0.4 is 0 Å². The maximum Gasteiger partial charge on any atom is 0.307 e. The summed E-state index contributed by atoms with van der Waals surface area (Å²) in [7, 11) is 3.54. The maximum absolute atomic E-state index is 10.5. The highest BCUT2D eigenvalue weighted by Crippen LogP contribution is 2.17. The maximum atomic E-state index is 10.5. The second-order valence-electron chi connectivity index (χ2n) is 3.55. The van der Waals surface area contributed by atoms with E-state index in [1.165, 1.54) is 17.1 Å². The number of aromatic nitrogens is 2. The molecule has 84 valence electrons. The van der Waals surface area contributed by atoms with E-state index >= 15 is 0 Å². The monoisotopic (exact) mass is 214 g/mol. The van der Waals surface area contributed by atoms with Crippen LogP contribution in [0.5, 0.6) is 0 Å². The van der Waals surface area contributed by atoms with Crippen molar-refractivity contribution in [2.75, 3.05) is 14.1 Å². The SMILES string of the molecule is CC(O)C(N(C)C)n1cc([N+](=O)[O-])cn1. The van der Waals surface area contributed by atoms with E-state index in [-0.39, 0.29) is 5.69 Å². The molecule has 2 unspecified atom stereocenters. The van der Waals surface area contributed by atoms with E-state index in [9.17, 15) is 15.2 Å². The Hall–Kier alpha value is -1.47. The molecule has 0 aromatic carbocycles. The molecule has 1 aromatic rings. The molecule has 7 heteroatoms. The van der Waals surface area contributed by atoms with Crippen LogP contribution in [0.25, 0.3) is 0 Å². The molecule has 2 atom stereocenters. The average molecular weight is 214 g/mol. The van der Waals surface area contributed by atoms with Gasteiger partial charge in [0.15, 0.2) is 0 Å². The lowest BCUT2D eigenvalue weighted by Gasteiger charge is -2.26. The predicted molar refractivity (Wildman–Crippen MR) is 53.3 cm³/mol. The highest BCUT2D eigenvalue weighted by molar-refractivity contribution is 5.21. The first kappa shape index (κ1) is 11.6. The van der Waals surface area contributed by atoms with Crippen molar-refractivity contribution in [3.63, 3.8) is 0 Å². The lowest BCUT2D eigenvalue weighted by molar-refractivity contribution is -0.385. The Kier molecular flexibility index (Phi) is 3.38. The second-order valence-corrected chi connectivity index (χ2v) is 3.55. The minimum absolute atomic E-state index is 0.0810. The highest BCUT2D eigenvalue weighted by atomic mass is 16.6. The molecule has 0 aliphatic carbocycles. The molecule has 0 amide bonds. The molecule has 1 N–H and O–H groups in total. The number of hydrogen-bond donors (Lipinski definition) is 1. The van der Waals surface area contributed by atoms with E-state index < -0.39 is 17.2 Å². The summed E-state index contributed by atoms with van der Waals surface area (Å²) in [5.74, 6) is 0. The van der Waals surface area contributed by atoms with Crippen molar-refractivity contribution in [3.05, 3.63) is 22.5 Å². The third-order valence-electron chi connectivity index (χ3n) is 2.03. The van der Waals surface area contributed by atoms with E-state index in [0.29, 0.717) is 0 Å². The van der Waals surface area contributed by atoms with Crippen LogP contribution in [0.3, 0.4) is 0 Å². The fraction of sp³-hybridized carbons (Fsp3) is 0.625. The Bertz CT molecular complexity index is 339. The minimum Gasteiger partial charge on any atom is -0.390 e. The van der Waals surface area contributed by atoms with Crippen LogP contribution in [0, 0.1) is 10.1 Å². The van der Waals surface area contributed by atoms with E-state index in [1.807, 2.05) is 0 Å². The molecule has 0 aliphatic heterocycles. The van der Waals surface area contributed by atoms with Crippen LogP contribution in [0.15, 0.2) is 12.4 Å². The molecule has 15 heavy (non-hydrogen) atoms. The quantitative estimate of drug-likeness (QED) is 0.573. The largest absolute Gasteiger partial charge is 0.390 e. The van der Waals surface area contributed by atoms with Gasteiger partial charge in [-0.2, -0.15) is 5.10 Å². The molecule has 7 nitrogen and oxygen atoms in total.